The van der Waals surface area contributed by atoms with Gasteiger partial charge < -0.3 is 18.9 Å². The average molecular weight is 423 g/mol. The van der Waals surface area contributed by atoms with E-state index >= 15 is 0 Å². The Labute approximate surface area is 186 Å². The van der Waals surface area contributed by atoms with Gasteiger partial charge in [-0.15, -0.1) is 0 Å². The van der Waals surface area contributed by atoms with Gasteiger partial charge in [0.25, 0.3) is 0 Å². The molecule has 0 saturated heterocycles. The molecule has 31 heavy (non-hydrogen) atoms. The number of aryl methyl sites for hydroxylation is 1. The molecular formula is C27H34O4. The molecule has 4 nitrogen and oxygen atoms in total. The zero-order valence-corrected chi connectivity index (χ0v) is 19.4. The van der Waals surface area contributed by atoms with Crippen molar-refractivity contribution in [3.05, 3.63) is 70.8 Å². The summed E-state index contributed by atoms with van der Waals surface area (Å²) in [5.74, 6) is 2.25. The lowest BCUT2D eigenvalue weighted by molar-refractivity contribution is 0.164. The van der Waals surface area contributed by atoms with Gasteiger partial charge >= 0.3 is 0 Å². The highest BCUT2D eigenvalue weighted by molar-refractivity contribution is 5.84. The lowest BCUT2D eigenvalue weighted by Crippen LogP contribution is -2.12. The number of hydrogen-bond donors (Lipinski definition) is 0. The summed E-state index contributed by atoms with van der Waals surface area (Å²) < 4.78 is 22.8. The van der Waals surface area contributed by atoms with Crippen LogP contribution in [0.15, 0.2) is 48.5 Å². The summed E-state index contributed by atoms with van der Waals surface area (Å²) in [7, 11) is 3.38. The van der Waals surface area contributed by atoms with Crippen LogP contribution < -0.4 is 9.47 Å². The highest BCUT2D eigenvalue weighted by atomic mass is 16.5. The second kappa shape index (κ2) is 11.2. The van der Waals surface area contributed by atoms with E-state index in [1.54, 1.807) is 14.2 Å². The first-order valence-corrected chi connectivity index (χ1v) is 10.9. The number of hydrogen-bond acceptors (Lipinski definition) is 4. The Kier molecular flexibility index (Phi) is 8.33. The van der Waals surface area contributed by atoms with Crippen molar-refractivity contribution in [2.24, 2.45) is 0 Å². The van der Waals surface area contributed by atoms with Gasteiger partial charge in [-0.3, -0.25) is 0 Å². The number of fused-ring (bicyclic) bond motifs is 1. The topological polar surface area (TPSA) is 36.9 Å². The van der Waals surface area contributed by atoms with Gasteiger partial charge in [0.15, 0.2) is 0 Å². The van der Waals surface area contributed by atoms with Gasteiger partial charge in [0.05, 0.1) is 13.2 Å². The van der Waals surface area contributed by atoms with E-state index in [9.17, 15) is 0 Å². The summed E-state index contributed by atoms with van der Waals surface area (Å²) in [5.41, 5.74) is 4.60. The molecule has 166 valence electrons. The number of ether oxygens (including phenoxy) is 4. The van der Waals surface area contributed by atoms with Crippen LogP contribution in [0.25, 0.3) is 10.8 Å². The van der Waals surface area contributed by atoms with Crippen molar-refractivity contribution in [1.29, 1.82) is 0 Å². The maximum atomic E-state index is 6.11. The summed E-state index contributed by atoms with van der Waals surface area (Å²) in [6, 6.07) is 17.1. The SMILES string of the molecule is CCC(C)c1ccc2cc(OCCOc3c(COC)cc(C)cc3COC)ccc2c1. The molecule has 1 unspecified atom stereocenters. The van der Waals surface area contributed by atoms with Crippen LogP contribution in [0, 0.1) is 6.92 Å². The molecule has 0 amide bonds. The van der Waals surface area contributed by atoms with Gasteiger partial charge in [-0.25, -0.2) is 0 Å². The van der Waals surface area contributed by atoms with E-state index in [1.807, 2.05) is 6.07 Å². The van der Waals surface area contributed by atoms with Crippen molar-refractivity contribution in [3.63, 3.8) is 0 Å². The lowest BCUT2D eigenvalue weighted by Gasteiger charge is -2.17. The largest absolute Gasteiger partial charge is 0.490 e. The van der Waals surface area contributed by atoms with E-state index in [4.69, 9.17) is 18.9 Å². The molecule has 0 aromatic heterocycles. The summed E-state index contributed by atoms with van der Waals surface area (Å²) in [6.45, 7) is 8.46. The molecule has 3 rings (SSSR count). The van der Waals surface area contributed by atoms with Crippen molar-refractivity contribution in [3.8, 4) is 11.5 Å². The molecule has 3 aromatic carbocycles. The Morgan fingerprint density at radius 1 is 0.774 bits per heavy atom. The van der Waals surface area contributed by atoms with E-state index in [1.165, 1.54) is 16.3 Å². The van der Waals surface area contributed by atoms with Crippen LogP contribution in [-0.4, -0.2) is 27.4 Å². The third kappa shape index (κ3) is 5.99. The molecule has 0 aliphatic rings. The fourth-order valence-corrected chi connectivity index (χ4v) is 3.82. The van der Waals surface area contributed by atoms with E-state index in [0.29, 0.717) is 32.3 Å². The molecule has 0 fully saturated rings. The molecule has 1 atom stereocenters. The minimum absolute atomic E-state index is 0.446. The Morgan fingerprint density at radius 3 is 2.03 bits per heavy atom. The average Bonchev–Trinajstić information content (AvgIpc) is 2.77. The number of methoxy groups -OCH3 is 2. The van der Waals surface area contributed by atoms with E-state index in [2.05, 4.69) is 63.2 Å². The highest BCUT2D eigenvalue weighted by Gasteiger charge is 2.12. The molecular weight excluding hydrogens is 388 g/mol. The van der Waals surface area contributed by atoms with Gasteiger partial charge in [-0.2, -0.15) is 0 Å². The van der Waals surface area contributed by atoms with Crippen LogP contribution in [0.2, 0.25) is 0 Å². The van der Waals surface area contributed by atoms with Crippen LogP contribution in [0.1, 0.15) is 48.4 Å². The quantitative estimate of drug-likeness (QED) is 0.335. The van der Waals surface area contributed by atoms with Crippen LogP contribution in [0.3, 0.4) is 0 Å². The first kappa shape index (κ1) is 23.1. The molecule has 0 aliphatic carbocycles. The van der Waals surface area contributed by atoms with Crippen molar-refractivity contribution in [1.82, 2.24) is 0 Å². The Hall–Kier alpha value is -2.56. The minimum Gasteiger partial charge on any atom is -0.490 e. The van der Waals surface area contributed by atoms with Crippen LogP contribution >= 0.6 is 0 Å². The van der Waals surface area contributed by atoms with E-state index in [0.717, 1.165) is 34.6 Å². The third-order valence-electron chi connectivity index (χ3n) is 5.60. The molecule has 0 bridgehead atoms. The van der Waals surface area contributed by atoms with Crippen molar-refractivity contribution >= 4 is 10.8 Å². The summed E-state index contributed by atoms with van der Waals surface area (Å²) in [4.78, 5) is 0. The monoisotopic (exact) mass is 422 g/mol. The predicted molar refractivity (Wildman–Crippen MR) is 126 cm³/mol. The van der Waals surface area contributed by atoms with Crippen LogP contribution in [0.5, 0.6) is 11.5 Å². The molecule has 3 aromatic rings. The fraction of sp³-hybridized carbons (Fsp3) is 0.407. The first-order valence-electron chi connectivity index (χ1n) is 10.9. The second-order valence-electron chi connectivity index (χ2n) is 8.05. The maximum absolute atomic E-state index is 6.11. The maximum Gasteiger partial charge on any atom is 0.130 e. The van der Waals surface area contributed by atoms with Gasteiger partial charge in [0.1, 0.15) is 24.7 Å². The standard InChI is InChI=1S/C27H34O4/c1-6-20(3)21-7-8-23-16-26(10-9-22(23)15-21)30-11-12-31-27-24(17-28-4)13-19(2)14-25(27)18-29-5/h7-10,13-16,20H,6,11-12,17-18H2,1-5H3. The fourth-order valence-electron chi connectivity index (χ4n) is 3.82. The van der Waals surface area contributed by atoms with Gasteiger partial charge in [0.2, 0.25) is 0 Å². The Bertz CT molecular complexity index is 969. The number of rotatable bonds is 11. The molecule has 0 heterocycles. The molecule has 0 aliphatic heterocycles. The van der Waals surface area contributed by atoms with E-state index < -0.39 is 0 Å². The first-order chi connectivity index (χ1) is 15.0. The molecule has 0 spiro atoms. The molecule has 0 saturated carbocycles. The summed E-state index contributed by atoms with van der Waals surface area (Å²) in [5, 5.41) is 2.43. The zero-order chi connectivity index (χ0) is 22.2. The summed E-state index contributed by atoms with van der Waals surface area (Å²) >= 11 is 0. The van der Waals surface area contributed by atoms with Crippen molar-refractivity contribution < 1.29 is 18.9 Å². The predicted octanol–water partition coefficient (Wildman–Crippen LogP) is 6.41. The van der Waals surface area contributed by atoms with Gasteiger partial charge in [-0.05, 0) is 47.7 Å². The minimum atomic E-state index is 0.446. The van der Waals surface area contributed by atoms with Crippen molar-refractivity contribution in [2.45, 2.75) is 46.3 Å². The summed E-state index contributed by atoms with van der Waals surface area (Å²) in [6.07, 6.45) is 1.14. The van der Waals surface area contributed by atoms with E-state index in [-0.39, 0.29) is 0 Å². The normalized spacial score (nSPS) is 12.2. The van der Waals surface area contributed by atoms with Gasteiger partial charge in [-0.1, -0.05) is 55.8 Å². The van der Waals surface area contributed by atoms with Crippen molar-refractivity contribution in [2.75, 3.05) is 27.4 Å². The molecule has 4 heteroatoms. The molecule has 0 radical (unpaired) electrons. The highest BCUT2D eigenvalue weighted by Crippen LogP contribution is 2.28. The van der Waals surface area contributed by atoms with Crippen LogP contribution in [0.4, 0.5) is 0 Å². The Morgan fingerprint density at radius 2 is 1.39 bits per heavy atom. The number of benzene rings is 3. The zero-order valence-electron chi connectivity index (χ0n) is 19.4. The van der Waals surface area contributed by atoms with Gasteiger partial charge in [0, 0.05) is 25.3 Å². The lowest BCUT2D eigenvalue weighted by atomic mass is 9.96. The smallest absolute Gasteiger partial charge is 0.130 e. The molecule has 0 N–H and O–H groups in total. The second-order valence-corrected chi connectivity index (χ2v) is 8.05. The van der Waals surface area contributed by atoms with Crippen LogP contribution in [-0.2, 0) is 22.7 Å². The third-order valence-corrected chi connectivity index (χ3v) is 5.60. The Balaban J connectivity index is 1.64.